The lowest BCUT2D eigenvalue weighted by atomic mass is 9.98. The number of hydrogen-bond acceptors (Lipinski definition) is 3. The third-order valence-electron chi connectivity index (χ3n) is 5.06. The number of amides is 1. The Morgan fingerprint density at radius 2 is 1.81 bits per heavy atom. The maximum Gasteiger partial charge on any atom is 0.237 e. The van der Waals surface area contributed by atoms with Crippen LogP contribution in [0.25, 0.3) is 11.3 Å². The Kier molecular flexibility index (Phi) is 4.80. The van der Waals surface area contributed by atoms with Crippen molar-refractivity contribution in [2.75, 3.05) is 13.1 Å². The minimum atomic E-state index is -1.51. The molecule has 1 aromatic carbocycles. The van der Waals surface area contributed by atoms with Gasteiger partial charge in [-0.15, -0.1) is 0 Å². The highest BCUT2D eigenvalue weighted by atomic mass is 19.2. The van der Waals surface area contributed by atoms with Gasteiger partial charge in [-0.05, 0) is 31.9 Å². The van der Waals surface area contributed by atoms with E-state index < -0.39 is 23.0 Å². The van der Waals surface area contributed by atoms with E-state index in [0.29, 0.717) is 24.6 Å². The molecule has 1 amide bonds. The topological polar surface area (TPSA) is 64.2 Å². The molecule has 8 heteroatoms. The number of imidazole rings is 1. The molecule has 5 nitrogen and oxygen atoms in total. The van der Waals surface area contributed by atoms with Crippen molar-refractivity contribution in [3.05, 3.63) is 41.1 Å². The Balaban J connectivity index is 2.22. The summed E-state index contributed by atoms with van der Waals surface area (Å²) in [6.45, 7) is 8.47. The average Bonchev–Trinajstić information content (AvgIpc) is 2.99. The maximum atomic E-state index is 13.8. The zero-order valence-electron chi connectivity index (χ0n) is 15.8. The van der Waals surface area contributed by atoms with Crippen molar-refractivity contribution in [2.24, 2.45) is 5.73 Å². The second-order valence-electron chi connectivity index (χ2n) is 7.54. The molecule has 2 heterocycles. The largest absolute Gasteiger partial charge is 0.327 e. The van der Waals surface area contributed by atoms with Crippen molar-refractivity contribution in [3.63, 3.8) is 0 Å². The second-order valence-corrected chi connectivity index (χ2v) is 7.54. The van der Waals surface area contributed by atoms with Gasteiger partial charge in [0.15, 0.2) is 17.5 Å². The van der Waals surface area contributed by atoms with Gasteiger partial charge in [0.2, 0.25) is 5.91 Å². The summed E-state index contributed by atoms with van der Waals surface area (Å²) in [7, 11) is 0. The van der Waals surface area contributed by atoms with Gasteiger partial charge in [-0.3, -0.25) is 4.79 Å². The Hall–Kier alpha value is -2.35. The van der Waals surface area contributed by atoms with Crippen molar-refractivity contribution in [1.82, 2.24) is 14.5 Å². The molecule has 1 aromatic heterocycles. The Morgan fingerprint density at radius 1 is 1.22 bits per heavy atom. The molecule has 1 aliphatic rings. The highest BCUT2D eigenvalue weighted by molar-refractivity contribution is 5.79. The standard InChI is InChI=1S/C19H23F3N4O/c1-10(2)17-16(11-7-12(20)15(22)13(21)8-11)24-18-19(3,4)26(14(27)9-23)6-5-25(17)18/h7-8,10H,5-6,9,23H2,1-4H3. The van der Waals surface area contributed by atoms with Crippen LogP contribution in [0.5, 0.6) is 0 Å². The molecule has 27 heavy (non-hydrogen) atoms. The fourth-order valence-corrected chi connectivity index (χ4v) is 3.80. The molecular formula is C19H23F3N4O. The SMILES string of the molecule is CC(C)c1c(-c2cc(F)c(F)c(F)c2)nc2n1CCN(C(=O)CN)C2(C)C. The third kappa shape index (κ3) is 3.01. The van der Waals surface area contributed by atoms with Gasteiger partial charge in [0.1, 0.15) is 5.82 Å². The first-order valence-corrected chi connectivity index (χ1v) is 8.86. The van der Waals surface area contributed by atoms with Gasteiger partial charge in [-0.25, -0.2) is 18.2 Å². The molecule has 0 radical (unpaired) electrons. The minimum Gasteiger partial charge on any atom is -0.327 e. The number of hydrogen-bond donors (Lipinski definition) is 1. The summed E-state index contributed by atoms with van der Waals surface area (Å²) < 4.78 is 43.0. The average molecular weight is 380 g/mol. The highest BCUT2D eigenvalue weighted by Crippen LogP contribution is 2.39. The summed E-state index contributed by atoms with van der Waals surface area (Å²) >= 11 is 0. The van der Waals surface area contributed by atoms with Crippen molar-refractivity contribution < 1.29 is 18.0 Å². The van der Waals surface area contributed by atoms with Crippen molar-refractivity contribution in [2.45, 2.75) is 45.7 Å². The molecule has 1 aliphatic heterocycles. The third-order valence-corrected chi connectivity index (χ3v) is 5.06. The van der Waals surface area contributed by atoms with Crippen LogP contribution in [0.2, 0.25) is 0 Å². The van der Waals surface area contributed by atoms with Crippen LogP contribution in [0, 0.1) is 17.5 Å². The molecule has 0 saturated carbocycles. The first kappa shape index (κ1) is 19.4. The number of benzene rings is 1. The monoisotopic (exact) mass is 380 g/mol. The van der Waals surface area contributed by atoms with Crippen molar-refractivity contribution in [1.29, 1.82) is 0 Å². The number of carbonyl (C=O) groups excluding carboxylic acids is 1. The van der Waals surface area contributed by atoms with Crippen LogP contribution in [0.1, 0.15) is 45.1 Å². The Morgan fingerprint density at radius 3 is 2.33 bits per heavy atom. The van der Waals surface area contributed by atoms with Gasteiger partial charge in [0.25, 0.3) is 0 Å². The normalized spacial score (nSPS) is 16.0. The fourth-order valence-electron chi connectivity index (χ4n) is 3.80. The summed E-state index contributed by atoms with van der Waals surface area (Å²) in [5.41, 5.74) is 6.15. The highest BCUT2D eigenvalue weighted by Gasteiger charge is 2.41. The first-order chi connectivity index (χ1) is 12.6. The summed E-state index contributed by atoms with van der Waals surface area (Å²) in [4.78, 5) is 18.5. The van der Waals surface area contributed by atoms with Crippen LogP contribution in [0.3, 0.4) is 0 Å². The smallest absolute Gasteiger partial charge is 0.237 e. The Bertz CT molecular complexity index is 882. The summed E-state index contributed by atoms with van der Waals surface area (Å²) in [5, 5.41) is 0. The van der Waals surface area contributed by atoms with Crippen LogP contribution in [0.4, 0.5) is 13.2 Å². The van der Waals surface area contributed by atoms with E-state index in [9.17, 15) is 18.0 Å². The molecule has 0 unspecified atom stereocenters. The van der Waals surface area contributed by atoms with Gasteiger partial charge >= 0.3 is 0 Å². The molecule has 0 spiro atoms. The van der Waals surface area contributed by atoms with Crippen LogP contribution in [0.15, 0.2) is 12.1 Å². The van der Waals surface area contributed by atoms with E-state index in [1.807, 2.05) is 32.3 Å². The molecule has 0 saturated heterocycles. The zero-order valence-corrected chi connectivity index (χ0v) is 15.8. The number of nitrogens with zero attached hydrogens (tertiary/aromatic N) is 3. The van der Waals surface area contributed by atoms with E-state index in [1.54, 1.807) is 4.90 Å². The number of halogens is 3. The van der Waals surface area contributed by atoms with E-state index in [-0.39, 0.29) is 23.9 Å². The van der Waals surface area contributed by atoms with Crippen molar-refractivity contribution >= 4 is 5.91 Å². The molecule has 0 bridgehead atoms. The maximum absolute atomic E-state index is 13.8. The predicted octanol–water partition coefficient (Wildman–Crippen LogP) is 3.13. The van der Waals surface area contributed by atoms with Gasteiger partial charge in [0, 0.05) is 24.3 Å². The number of aromatic nitrogens is 2. The molecular weight excluding hydrogens is 357 g/mol. The molecule has 0 atom stereocenters. The zero-order chi connectivity index (χ0) is 20.1. The number of nitrogens with two attached hydrogens (primary N) is 1. The quantitative estimate of drug-likeness (QED) is 0.832. The lowest BCUT2D eigenvalue weighted by Gasteiger charge is -2.42. The molecule has 0 fully saturated rings. The fraction of sp³-hybridized carbons (Fsp3) is 0.474. The Labute approximate surface area is 156 Å². The lowest BCUT2D eigenvalue weighted by molar-refractivity contribution is -0.137. The van der Waals surface area contributed by atoms with Gasteiger partial charge in [-0.2, -0.15) is 0 Å². The molecule has 2 N–H and O–H groups in total. The van der Waals surface area contributed by atoms with Crippen LogP contribution < -0.4 is 5.73 Å². The minimum absolute atomic E-state index is 0.00462. The van der Waals surface area contributed by atoms with E-state index in [1.165, 1.54) is 0 Å². The second kappa shape index (κ2) is 6.67. The molecule has 3 rings (SSSR count). The summed E-state index contributed by atoms with van der Waals surface area (Å²) in [6, 6.07) is 1.91. The lowest BCUT2D eigenvalue weighted by Crippen LogP contribution is -2.53. The van der Waals surface area contributed by atoms with Gasteiger partial charge in [-0.1, -0.05) is 13.8 Å². The number of fused-ring (bicyclic) bond motifs is 1. The van der Waals surface area contributed by atoms with Crippen molar-refractivity contribution in [3.8, 4) is 11.3 Å². The number of rotatable bonds is 3. The van der Waals surface area contributed by atoms with E-state index in [0.717, 1.165) is 17.8 Å². The summed E-state index contributed by atoms with van der Waals surface area (Å²) in [5.74, 6) is -3.60. The van der Waals surface area contributed by atoms with E-state index in [4.69, 9.17) is 5.73 Å². The van der Waals surface area contributed by atoms with Crippen LogP contribution in [-0.4, -0.2) is 33.4 Å². The van der Waals surface area contributed by atoms with Crippen LogP contribution in [-0.2, 0) is 16.9 Å². The van der Waals surface area contributed by atoms with Gasteiger partial charge < -0.3 is 15.2 Å². The van der Waals surface area contributed by atoms with Crippen LogP contribution >= 0.6 is 0 Å². The number of carbonyl (C=O) groups is 1. The van der Waals surface area contributed by atoms with E-state index in [2.05, 4.69) is 4.98 Å². The van der Waals surface area contributed by atoms with E-state index >= 15 is 0 Å². The predicted molar refractivity (Wildman–Crippen MR) is 95.4 cm³/mol. The molecule has 146 valence electrons. The van der Waals surface area contributed by atoms with Gasteiger partial charge in [0.05, 0.1) is 17.8 Å². The molecule has 0 aliphatic carbocycles. The summed E-state index contributed by atoms with van der Waals surface area (Å²) in [6.07, 6.45) is 0. The molecule has 2 aromatic rings. The first-order valence-electron chi connectivity index (χ1n) is 8.86.